The first-order chi connectivity index (χ1) is 9.22. The number of imidazole rings is 1. The number of aromatic amines is 1. The highest BCUT2D eigenvalue weighted by molar-refractivity contribution is 4.95. The van der Waals surface area contributed by atoms with Gasteiger partial charge in [0.15, 0.2) is 0 Å². The van der Waals surface area contributed by atoms with Crippen molar-refractivity contribution in [1.82, 2.24) is 24.7 Å². The van der Waals surface area contributed by atoms with Crippen molar-refractivity contribution in [1.29, 1.82) is 0 Å². The quantitative estimate of drug-likeness (QED) is 0.749. The number of aliphatic hydroxyl groups excluding tert-OH is 1. The number of nitrogens with one attached hydrogen (secondary N) is 1. The molecule has 1 aromatic rings. The molecule has 2 N–H and O–H groups in total. The average Bonchev–Trinajstić information content (AvgIpc) is 3.01. The van der Waals surface area contributed by atoms with Gasteiger partial charge in [0, 0.05) is 57.7 Å². The SMILES string of the molecule is CN1CCN([C@H]2CN(Cc3ncc[nH]3)C[C@@H]2O)CC1. The molecule has 6 nitrogen and oxygen atoms in total. The van der Waals surface area contributed by atoms with Gasteiger partial charge in [-0.05, 0) is 7.05 Å². The Hall–Kier alpha value is -0.950. The van der Waals surface area contributed by atoms with E-state index in [1.165, 1.54) is 0 Å². The van der Waals surface area contributed by atoms with Crippen molar-refractivity contribution in [2.24, 2.45) is 0 Å². The van der Waals surface area contributed by atoms with Gasteiger partial charge in [-0.25, -0.2) is 4.98 Å². The lowest BCUT2D eigenvalue weighted by Gasteiger charge is -2.37. The van der Waals surface area contributed by atoms with E-state index in [1.54, 1.807) is 6.20 Å². The molecule has 3 rings (SSSR count). The molecular weight excluding hydrogens is 242 g/mol. The van der Waals surface area contributed by atoms with Gasteiger partial charge in [0.05, 0.1) is 12.6 Å². The molecule has 3 heterocycles. The number of aromatic nitrogens is 2. The van der Waals surface area contributed by atoms with Crippen molar-refractivity contribution in [2.45, 2.75) is 18.7 Å². The number of nitrogens with zero attached hydrogens (tertiary/aromatic N) is 4. The molecule has 0 spiro atoms. The summed E-state index contributed by atoms with van der Waals surface area (Å²) >= 11 is 0. The van der Waals surface area contributed by atoms with E-state index >= 15 is 0 Å². The van der Waals surface area contributed by atoms with Gasteiger partial charge in [-0.1, -0.05) is 0 Å². The van der Waals surface area contributed by atoms with E-state index in [1.807, 2.05) is 6.20 Å². The van der Waals surface area contributed by atoms with E-state index in [0.717, 1.165) is 51.6 Å². The van der Waals surface area contributed by atoms with E-state index < -0.39 is 0 Å². The summed E-state index contributed by atoms with van der Waals surface area (Å²) in [6.45, 7) is 6.81. The lowest BCUT2D eigenvalue weighted by Crippen LogP contribution is -2.52. The number of hydrogen-bond acceptors (Lipinski definition) is 5. The molecule has 106 valence electrons. The molecule has 0 bridgehead atoms. The Bertz CT molecular complexity index is 388. The third-order valence-electron chi connectivity index (χ3n) is 4.27. The Morgan fingerprint density at radius 1 is 1.32 bits per heavy atom. The van der Waals surface area contributed by atoms with Crippen LogP contribution in [0.4, 0.5) is 0 Å². The Labute approximate surface area is 114 Å². The van der Waals surface area contributed by atoms with Crippen molar-refractivity contribution in [3.8, 4) is 0 Å². The first-order valence-corrected chi connectivity index (χ1v) is 7.03. The zero-order valence-electron chi connectivity index (χ0n) is 11.5. The Morgan fingerprint density at radius 3 is 2.79 bits per heavy atom. The van der Waals surface area contributed by atoms with Crippen LogP contribution in [0.2, 0.25) is 0 Å². The number of hydrogen-bond donors (Lipinski definition) is 2. The topological polar surface area (TPSA) is 58.6 Å². The number of aliphatic hydroxyl groups is 1. The summed E-state index contributed by atoms with van der Waals surface area (Å²) in [5.41, 5.74) is 0. The minimum Gasteiger partial charge on any atom is -0.390 e. The van der Waals surface area contributed by atoms with Gasteiger partial charge < -0.3 is 15.0 Å². The zero-order valence-corrected chi connectivity index (χ0v) is 11.5. The Balaban J connectivity index is 1.56. The second-order valence-electron chi connectivity index (χ2n) is 5.70. The number of rotatable bonds is 3. The zero-order chi connectivity index (χ0) is 13.2. The van der Waals surface area contributed by atoms with Crippen molar-refractivity contribution >= 4 is 0 Å². The second kappa shape index (κ2) is 5.58. The predicted octanol–water partition coefficient (Wildman–Crippen LogP) is -0.798. The fourth-order valence-electron chi connectivity index (χ4n) is 3.08. The summed E-state index contributed by atoms with van der Waals surface area (Å²) in [6.07, 6.45) is 3.39. The summed E-state index contributed by atoms with van der Waals surface area (Å²) in [5, 5.41) is 10.3. The van der Waals surface area contributed by atoms with Gasteiger partial charge in [-0.3, -0.25) is 9.80 Å². The molecule has 0 unspecified atom stereocenters. The standard InChI is InChI=1S/C13H23N5O/c1-16-4-6-18(7-5-16)11-8-17(9-12(11)19)10-13-14-2-3-15-13/h2-3,11-12,19H,4-10H2,1H3,(H,14,15)/t11-,12-/m0/s1. The van der Waals surface area contributed by atoms with Gasteiger partial charge in [-0.15, -0.1) is 0 Å². The van der Waals surface area contributed by atoms with Crippen molar-refractivity contribution in [2.75, 3.05) is 46.3 Å². The minimum atomic E-state index is -0.238. The van der Waals surface area contributed by atoms with E-state index in [9.17, 15) is 5.11 Å². The molecule has 19 heavy (non-hydrogen) atoms. The summed E-state index contributed by atoms with van der Waals surface area (Å²) in [4.78, 5) is 14.4. The first kappa shape index (κ1) is 13.1. The van der Waals surface area contributed by atoms with Gasteiger partial charge >= 0.3 is 0 Å². The third kappa shape index (κ3) is 2.97. The summed E-state index contributed by atoms with van der Waals surface area (Å²) in [7, 11) is 2.16. The Morgan fingerprint density at radius 2 is 2.11 bits per heavy atom. The molecule has 0 aromatic carbocycles. The summed E-state index contributed by atoms with van der Waals surface area (Å²) < 4.78 is 0. The van der Waals surface area contributed by atoms with Gasteiger partial charge in [0.2, 0.25) is 0 Å². The second-order valence-corrected chi connectivity index (χ2v) is 5.70. The van der Waals surface area contributed by atoms with Crippen LogP contribution in [0, 0.1) is 0 Å². The molecule has 2 aliphatic heterocycles. The van der Waals surface area contributed by atoms with Crippen LogP contribution in [-0.2, 0) is 6.54 Å². The predicted molar refractivity (Wildman–Crippen MR) is 72.7 cm³/mol. The highest BCUT2D eigenvalue weighted by Gasteiger charge is 2.36. The number of β-amino-alcohol motifs (C(OH)–C–C–N with tert-alkyl or cyclic N) is 1. The van der Waals surface area contributed by atoms with Crippen LogP contribution < -0.4 is 0 Å². The maximum Gasteiger partial charge on any atom is 0.120 e. The van der Waals surface area contributed by atoms with Crippen LogP contribution in [0.5, 0.6) is 0 Å². The molecular formula is C13H23N5O. The van der Waals surface area contributed by atoms with Crippen LogP contribution in [0.1, 0.15) is 5.82 Å². The molecule has 0 radical (unpaired) electrons. The highest BCUT2D eigenvalue weighted by Crippen LogP contribution is 2.19. The average molecular weight is 265 g/mol. The van der Waals surface area contributed by atoms with Gasteiger partial charge in [0.1, 0.15) is 5.82 Å². The fraction of sp³-hybridized carbons (Fsp3) is 0.769. The van der Waals surface area contributed by atoms with Crippen LogP contribution in [0.25, 0.3) is 0 Å². The molecule has 0 aliphatic carbocycles. The summed E-state index contributed by atoms with van der Waals surface area (Å²) in [5.74, 6) is 0.978. The largest absolute Gasteiger partial charge is 0.390 e. The first-order valence-electron chi connectivity index (χ1n) is 7.03. The smallest absolute Gasteiger partial charge is 0.120 e. The maximum atomic E-state index is 10.3. The molecule has 1 aromatic heterocycles. The maximum absolute atomic E-state index is 10.3. The van der Waals surface area contributed by atoms with Crippen LogP contribution in [-0.4, -0.2) is 88.2 Å². The molecule has 2 saturated heterocycles. The number of likely N-dealkylation sites (N-methyl/N-ethyl adjacent to an activating group) is 1. The van der Waals surface area contributed by atoms with Crippen molar-refractivity contribution in [3.63, 3.8) is 0 Å². The molecule has 2 aliphatic rings. The number of piperazine rings is 1. The van der Waals surface area contributed by atoms with Crippen LogP contribution in [0.15, 0.2) is 12.4 Å². The number of likely N-dealkylation sites (tertiary alicyclic amines) is 1. The van der Waals surface area contributed by atoms with E-state index in [-0.39, 0.29) is 12.1 Å². The lowest BCUT2D eigenvalue weighted by molar-refractivity contribution is 0.0512. The van der Waals surface area contributed by atoms with Crippen molar-refractivity contribution in [3.05, 3.63) is 18.2 Å². The van der Waals surface area contributed by atoms with Gasteiger partial charge in [-0.2, -0.15) is 0 Å². The minimum absolute atomic E-state index is 0.238. The monoisotopic (exact) mass is 265 g/mol. The lowest BCUT2D eigenvalue weighted by atomic mass is 10.1. The molecule has 0 saturated carbocycles. The molecule has 2 atom stereocenters. The number of H-pyrrole nitrogens is 1. The molecule has 2 fully saturated rings. The third-order valence-corrected chi connectivity index (χ3v) is 4.27. The Kier molecular flexibility index (Phi) is 3.83. The fourth-order valence-corrected chi connectivity index (χ4v) is 3.08. The summed E-state index contributed by atoms with van der Waals surface area (Å²) in [6, 6.07) is 0.281. The van der Waals surface area contributed by atoms with E-state index in [4.69, 9.17) is 0 Å². The normalized spacial score (nSPS) is 31.1. The van der Waals surface area contributed by atoms with Crippen LogP contribution in [0.3, 0.4) is 0 Å². The van der Waals surface area contributed by atoms with Gasteiger partial charge in [0.25, 0.3) is 0 Å². The highest BCUT2D eigenvalue weighted by atomic mass is 16.3. The van der Waals surface area contributed by atoms with E-state index in [0.29, 0.717) is 0 Å². The van der Waals surface area contributed by atoms with Crippen molar-refractivity contribution < 1.29 is 5.11 Å². The van der Waals surface area contributed by atoms with Crippen LogP contribution >= 0.6 is 0 Å². The molecule has 6 heteroatoms. The molecule has 0 amide bonds. The van der Waals surface area contributed by atoms with E-state index in [2.05, 4.69) is 31.7 Å².